The SMILES string of the molecule is C[C@H](C(=O)Nc1ccc2c(c1)OCCO2)n1nc(-c2ccccc2)c2cc(Cl)ccc21. The molecule has 0 spiro atoms. The number of ether oxygens (including phenoxy) is 2. The van der Waals surface area contributed by atoms with E-state index >= 15 is 0 Å². The Bertz CT molecular complexity index is 1270. The van der Waals surface area contributed by atoms with E-state index in [9.17, 15) is 4.79 Å². The molecule has 1 amide bonds. The van der Waals surface area contributed by atoms with E-state index in [4.69, 9.17) is 26.2 Å². The van der Waals surface area contributed by atoms with Crippen molar-refractivity contribution in [1.82, 2.24) is 9.78 Å². The van der Waals surface area contributed by atoms with Gasteiger partial charge < -0.3 is 14.8 Å². The highest BCUT2D eigenvalue weighted by Gasteiger charge is 2.22. The lowest BCUT2D eigenvalue weighted by Gasteiger charge is -2.19. The van der Waals surface area contributed by atoms with Gasteiger partial charge in [0.05, 0.1) is 5.52 Å². The summed E-state index contributed by atoms with van der Waals surface area (Å²) in [5, 5.41) is 9.26. The van der Waals surface area contributed by atoms with Crippen molar-refractivity contribution in [1.29, 1.82) is 0 Å². The third-order valence-electron chi connectivity index (χ3n) is 5.27. The standard InChI is InChI=1S/C24H20ClN3O3/c1-15(24(29)26-18-8-10-21-22(14-18)31-12-11-30-21)28-20-9-7-17(25)13-19(20)23(27-28)16-5-3-2-4-6-16/h2-10,13-15H,11-12H2,1H3,(H,26,29)/t15-/m1/s1. The lowest BCUT2D eigenvalue weighted by molar-refractivity contribution is -0.118. The van der Waals surface area contributed by atoms with Crippen molar-refractivity contribution in [3.63, 3.8) is 0 Å². The van der Waals surface area contributed by atoms with Gasteiger partial charge in [0.2, 0.25) is 5.91 Å². The molecule has 3 aromatic carbocycles. The van der Waals surface area contributed by atoms with Gasteiger partial charge >= 0.3 is 0 Å². The average Bonchev–Trinajstić information content (AvgIpc) is 3.17. The molecule has 0 saturated heterocycles. The van der Waals surface area contributed by atoms with Gasteiger partial charge in [0, 0.05) is 27.7 Å². The van der Waals surface area contributed by atoms with E-state index in [1.54, 1.807) is 22.9 Å². The molecule has 1 atom stereocenters. The van der Waals surface area contributed by atoms with Gasteiger partial charge in [-0.05, 0) is 37.3 Å². The third-order valence-corrected chi connectivity index (χ3v) is 5.51. The monoisotopic (exact) mass is 433 g/mol. The van der Waals surface area contributed by atoms with Crippen LogP contribution in [0.3, 0.4) is 0 Å². The van der Waals surface area contributed by atoms with Gasteiger partial charge in [0.15, 0.2) is 11.5 Å². The van der Waals surface area contributed by atoms with Crippen molar-refractivity contribution in [2.45, 2.75) is 13.0 Å². The molecule has 1 aliphatic heterocycles. The molecule has 4 aromatic rings. The van der Waals surface area contributed by atoms with Crippen LogP contribution >= 0.6 is 11.6 Å². The number of carbonyl (C=O) groups is 1. The first-order chi connectivity index (χ1) is 15.1. The van der Waals surface area contributed by atoms with Crippen LogP contribution in [0.25, 0.3) is 22.2 Å². The fourth-order valence-corrected chi connectivity index (χ4v) is 3.87. The molecule has 2 heterocycles. The zero-order chi connectivity index (χ0) is 21.4. The highest BCUT2D eigenvalue weighted by molar-refractivity contribution is 6.31. The highest BCUT2D eigenvalue weighted by atomic mass is 35.5. The van der Waals surface area contributed by atoms with E-state index < -0.39 is 6.04 Å². The number of hydrogen-bond donors (Lipinski definition) is 1. The minimum atomic E-state index is -0.547. The lowest BCUT2D eigenvalue weighted by atomic mass is 10.1. The summed E-state index contributed by atoms with van der Waals surface area (Å²) in [7, 11) is 0. The van der Waals surface area contributed by atoms with Crippen LogP contribution in [0.15, 0.2) is 66.7 Å². The number of hydrogen-bond acceptors (Lipinski definition) is 4. The summed E-state index contributed by atoms with van der Waals surface area (Å²) in [4.78, 5) is 13.1. The molecule has 7 heteroatoms. The first-order valence-electron chi connectivity index (χ1n) is 10.0. The maximum atomic E-state index is 13.1. The first-order valence-corrected chi connectivity index (χ1v) is 10.4. The summed E-state index contributed by atoms with van der Waals surface area (Å²) in [5.74, 6) is 1.12. The second-order valence-corrected chi connectivity index (χ2v) is 7.78. The Labute approximate surface area is 184 Å². The molecule has 0 unspecified atom stereocenters. The molecule has 0 fully saturated rings. The number of anilines is 1. The molecule has 0 saturated carbocycles. The van der Waals surface area contributed by atoms with Gasteiger partial charge in [-0.3, -0.25) is 9.48 Å². The summed E-state index contributed by atoms with van der Waals surface area (Å²) in [6.07, 6.45) is 0. The normalized spacial score (nSPS) is 13.7. The van der Waals surface area contributed by atoms with Crippen LogP contribution in [-0.2, 0) is 4.79 Å². The number of rotatable bonds is 4. The second kappa shape index (κ2) is 7.96. The van der Waals surface area contributed by atoms with Gasteiger partial charge in [-0.2, -0.15) is 5.10 Å². The zero-order valence-electron chi connectivity index (χ0n) is 16.8. The van der Waals surface area contributed by atoms with E-state index in [0.29, 0.717) is 35.4 Å². The minimum absolute atomic E-state index is 0.185. The topological polar surface area (TPSA) is 65.4 Å². The van der Waals surface area contributed by atoms with E-state index in [0.717, 1.165) is 22.2 Å². The number of aromatic nitrogens is 2. The minimum Gasteiger partial charge on any atom is -0.486 e. The molecule has 0 aliphatic carbocycles. The van der Waals surface area contributed by atoms with Crippen molar-refractivity contribution in [2.24, 2.45) is 0 Å². The van der Waals surface area contributed by atoms with Crippen LogP contribution in [0.4, 0.5) is 5.69 Å². The Hall–Kier alpha value is -3.51. The van der Waals surface area contributed by atoms with Gasteiger partial charge in [-0.15, -0.1) is 0 Å². The van der Waals surface area contributed by atoms with Gasteiger partial charge in [0.25, 0.3) is 0 Å². The zero-order valence-corrected chi connectivity index (χ0v) is 17.6. The maximum absolute atomic E-state index is 13.1. The number of halogens is 1. The molecular weight excluding hydrogens is 414 g/mol. The Morgan fingerprint density at radius 1 is 1.03 bits per heavy atom. The van der Waals surface area contributed by atoms with Crippen LogP contribution in [0, 0.1) is 0 Å². The second-order valence-electron chi connectivity index (χ2n) is 7.34. The summed E-state index contributed by atoms with van der Waals surface area (Å²) >= 11 is 6.26. The highest BCUT2D eigenvalue weighted by Crippen LogP contribution is 2.34. The number of nitrogens with zero attached hydrogens (tertiary/aromatic N) is 2. The number of fused-ring (bicyclic) bond motifs is 2. The van der Waals surface area contributed by atoms with Crippen molar-refractivity contribution >= 4 is 34.1 Å². The van der Waals surface area contributed by atoms with Crippen LogP contribution in [0.1, 0.15) is 13.0 Å². The quantitative estimate of drug-likeness (QED) is 0.472. The Morgan fingerprint density at radius 2 is 1.81 bits per heavy atom. The van der Waals surface area contributed by atoms with Crippen molar-refractivity contribution < 1.29 is 14.3 Å². The largest absolute Gasteiger partial charge is 0.486 e. The molecule has 6 nitrogen and oxygen atoms in total. The lowest BCUT2D eigenvalue weighted by Crippen LogP contribution is -2.24. The van der Waals surface area contributed by atoms with E-state index in [-0.39, 0.29) is 5.91 Å². The Morgan fingerprint density at radius 3 is 2.61 bits per heavy atom. The number of amides is 1. The molecule has 1 N–H and O–H groups in total. The van der Waals surface area contributed by atoms with Crippen LogP contribution in [0.2, 0.25) is 5.02 Å². The molecule has 0 radical (unpaired) electrons. The Balaban J connectivity index is 1.48. The average molecular weight is 434 g/mol. The molecule has 156 valence electrons. The molecule has 5 rings (SSSR count). The third kappa shape index (κ3) is 3.70. The Kier molecular flexibility index (Phi) is 5.00. The molecular formula is C24H20ClN3O3. The summed E-state index contributed by atoms with van der Waals surface area (Å²) in [6.45, 7) is 2.84. The van der Waals surface area contributed by atoms with Crippen LogP contribution in [-0.4, -0.2) is 28.9 Å². The van der Waals surface area contributed by atoms with E-state index in [1.807, 2.05) is 55.5 Å². The fraction of sp³-hybridized carbons (Fsp3) is 0.167. The summed E-state index contributed by atoms with van der Waals surface area (Å²) in [5.41, 5.74) is 3.24. The predicted octanol–water partition coefficient (Wildman–Crippen LogP) is 5.33. The van der Waals surface area contributed by atoms with Gasteiger partial charge in [-0.25, -0.2) is 0 Å². The summed E-state index contributed by atoms with van der Waals surface area (Å²) in [6, 6.07) is 20.3. The van der Waals surface area contributed by atoms with Crippen molar-refractivity contribution in [3.8, 4) is 22.8 Å². The first kappa shape index (κ1) is 19.5. The predicted molar refractivity (Wildman–Crippen MR) is 121 cm³/mol. The van der Waals surface area contributed by atoms with Gasteiger partial charge in [0.1, 0.15) is 24.9 Å². The van der Waals surface area contributed by atoms with E-state index in [1.165, 1.54) is 0 Å². The van der Waals surface area contributed by atoms with Crippen molar-refractivity contribution in [3.05, 3.63) is 71.8 Å². The number of carbonyl (C=O) groups excluding carboxylic acids is 1. The van der Waals surface area contributed by atoms with E-state index in [2.05, 4.69) is 5.32 Å². The molecule has 31 heavy (non-hydrogen) atoms. The molecule has 1 aliphatic rings. The summed E-state index contributed by atoms with van der Waals surface area (Å²) < 4.78 is 12.9. The molecule has 0 bridgehead atoms. The molecule has 1 aromatic heterocycles. The number of nitrogens with one attached hydrogen (secondary N) is 1. The number of benzene rings is 3. The smallest absolute Gasteiger partial charge is 0.248 e. The fourth-order valence-electron chi connectivity index (χ4n) is 3.70. The van der Waals surface area contributed by atoms with Gasteiger partial charge in [-0.1, -0.05) is 41.9 Å². The van der Waals surface area contributed by atoms with Crippen LogP contribution < -0.4 is 14.8 Å². The maximum Gasteiger partial charge on any atom is 0.248 e. The van der Waals surface area contributed by atoms with Crippen LogP contribution in [0.5, 0.6) is 11.5 Å². The van der Waals surface area contributed by atoms with Crippen molar-refractivity contribution in [2.75, 3.05) is 18.5 Å².